The molecule has 0 saturated heterocycles. The van der Waals surface area contributed by atoms with Gasteiger partial charge < -0.3 is 9.30 Å². The molecule has 0 N–H and O–H groups in total. The summed E-state index contributed by atoms with van der Waals surface area (Å²) in [5.74, 6) is -0.302. The maximum Gasteiger partial charge on any atom is 0.126 e. The molecule has 0 amide bonds. The highest BCUT2D eigenvalue weighted by Crippen LogP contribution is 2.21. The molecule has 4 nitrogen and oxygen atoms in total. The Morgan fingerprint density at radius 2 is 1.85 bits per heavy atom. The SMILES string of the molecule is COc1ccccc1CN(CCCn1ccnc1)Cc1cc(F)cc(F)c1. The summed E-state index contributed by atoms with van der Waals surface area (Å²) in [5, 5.41) is 0. The molecule has 0 aliphatic rings. The molecule has 0 aliphatic carbocycles. The van der Waals surface area contributed by atoms with E-state index in [-0.39, 0.29) is 0 Å². The third kappa shape index (κ3) is 5.62. The lowest BCUT2D eigenvalue weighted by molar-refractivity contribution is 0.244. The van der Waals surface area contributed by atoms with Gasteiger partial charge in [-0.05, 0) is 30.2 Å². The minimum atomic E-state index is -0.555. The molecular weight excluding hydrogens is 348 g/mol. The summed E-state index contributed by atoms with van der Waals surface area (Å²) in [6.45, 7) is 2.69. The Hall–Kier alpha value is -2.73. The summed E-state index contributed by atoms with van der Waals surface area (Å²) in [6.07, 6.45) is 6.35. The fraction of sp³-hybridized carbons (Fsp3) is 0.286. The largest absolute Gasteiger partial charge is 0.496 e. The fourth-order valence-corrected chi connectivity index (χ4v) is 3.14. The molecule has 6 heteroatoms. The van der Waals surface area contributed by atoms with Gasteiger partial charge in [0.25, 0.3) is 0 Å². The monoisotopic (exact) mass is 371 g/mol. The van der Waals surface area contributed by atoms with Crippen molar-refractivity contribution in [2.45, 2.75) is 26.1 Å². The first-order valence-corrected chi connectivity index (χ1v) is 8.89. The van der Waals surface area contributed by atoms with Crippen LogP contribution in [0.5, 0.6) is 5.75 Å². The second-order valence-corrected chi connectivity index (χ2v) is 6.45. The standard InChI is InChI=1S/C21H23F2N3O/c1-27-21-6-3-2-5-18(21)15-26(9-4-8-25-10-7-24-16-25)14-17-11-19(22)13-20(23)12-17/h2-3,5-7,10-13,16H,4,8-9,14-15H2,1H3. The van der Waals surface area contributed by atoms with E-state index in [2.05, 4.69) is 9.88 Å². The predicted octanol–water partition coefficient (Wildman–Crippen LogP) is 4.26. The highest BCUT2D eigenvalue weighted by molar-refractivity contribution is 5.33. The van der Waals surface area contributed by atoms with Crippen molar-refractivity contribution in [3.05, 3.63) is 83.9 Å². The van der Waals surface area contributed by atoms with E-state index < -0.39 is 11.6 Å². The van der Waals surface area contributed by atoms with Crippen LogP contribution in [0.15, 0.2) is 61.2 Å². The number of nitrogens with zero attached hydrogens (tertiary/aromatic N) is 3. The smallest absolute Gasteiger partial charge is 0.126 e. The van der Waals surface area contributed by atoms with Crippen molar-refractivity contribution in [2.75, 3.05) is 13.7 Å². The van der Waals surface area contributed by atoms with Crippen LogP contribution >= 0.6 is 0 Å². The molecule has 3 aromatic rings. The molecule has 2 aromatic carbocycles. The molecular formula is C21H23F2N3O. The van der Waals surface area contributed by atoms with Gasteiger partial charge in [-0.3, -0.25) is 4.90 Å². The van der Waals surface area contributed by atoms with E-state index >= 15 is 0 Å². The Bertz CT molecular complexity index is 832. The molecule has 0 fully saturated rings. The summed E-state index contributed by atoms with van der Waals surface area (Å²) in [7, 11) is 1.64. The van der Waals surface area contributed by atoms with Gasteiger partial charge in [-0.1, -0.05) is 18.2 Å². The molecule has 0 unspecified atom stereocenters. The first-order chi connectivity index (χ1) is 13.1. The fourth-order valence-electron chi connectivity index (χ4n) is 3.14. The van der Waals surface area contributed by atoms with Crippen LogP contribution in [0.25, 0.3) is 0 Å². The summed E-state index contributed by atoms with van der Waals surface area (Å²) < 4.78 is 34.6. The minimum Gasteiger partial charge on any atom is -0.496 e. The van der Waals surface area contributed by atoms with Gasteiger partial charge in [0.05, 0.1) is 13.4 Å². The molecule has 142 valence electrons. The molecule has 0 spiro atoms. The van der Waals surface area contributed by atoms with Crippen molar-refractivity contribution in [1.29, 1.82) is 0 Å². The average molecular weight is 371 g/mol. The second kappa shape index (κ2) is 9.28. The van der Waals surface area contributed by atoms with Crippen LogP contribution < -0.4 is 4.74 Å². The number of para-hydroxylation sites is 1. The van der Waals surface area contributed by atoms with E-state index in [1.807, 2.05) is 35.0 Å². The lowest BCUT2D eigenvalue weighted by atomic mass is 10.1. The number of aryl methyl sites for hydroxylation is 1. The van der Waals surface area contributed by atoms with E-state index in [1.54, 1.807) is 19.6 Å². The van der Waals surface area contributed by atoms with E-state index in [0.29, 0.717) is 18.7 Å². The van der Waals surface area contributed by atoms with Crippen molar-refractivity contribution in [2.24, 2.45) is 0 Å². The number of hydrogen-bond donors (Lipinski definition) is 0. The van der Waals surface area contributed by atoms with Crippen LogP contribution in [0.2, 0.25) is 0 Å². The van der Waals surface area contributed by atoms with Gasteiger partial charge in [0, 0.05) is 50.2 Å². The lowest BCUT2D eigenvalue weighted by Gasteiger charge is -2.24. The second-order valence-electron chi connectivity index (χ2n) is 6.45. The topological polar surface area (TPSA) is 30.3 Å². The van der Waals surface area contributed by atoms with Crippen LogP contribution in [0.3, 0.4) is 0 Å². The van der Waals surface area contributed by atoms with Crippen molar-refractivity contribution in [1.82, 2.24) is 14.5 Å². The predicted molar refractivity (Wildman–Crippen MR) is 100 cm³/mol. The Balaban J connectivity index is 1.72. The molecule has 0 aliphatic heterocycles. The van der Waals surface area contributed by atoms with Gasteiger partial charge in [-0.25, -0.2) is 13.8 Å². The van der Waals surface area contributed by atoms with Gasteiger partial charge in [0.15, 0.2) is 0 Å². The third-order valence-electron chi connectivity index (χ3n) is 4.36. The zero-order chi connectivity index (χ0) is 19.1. The number of hydrogen-bond acceptors (Lipinski definition) is 3. The Labute approximate surface area is 158 Å². The number of ether oxygens (including phenoxy) is 1. The van der Waals surface area contributed by atoms with Crippen LogP contribution in [-0.4, -0.2) is 28.1 Å². The molecule has 0 saturated carbocycles. The van der Waals surface area contributed by atoms with Gasteiger partial charge in [0.1, 0.15) is 17.4 Å². The van der Waals surface area contributed by atoms with Gasteiger partial charge in [0.2, 0.25) is 0 Å². The van der Waals surface area contributed by atoms with Gasteiger partial charge in [-0.15, -0.1) is 0 Å². The Morgan fingerprint density at radius 3 is 2.56 bits per heavy atom. The molecule has 3 rings (SSSR count). The molecule has 0 radical (unpaired) electrons. The van der Waals surface area contributed by atoms with Gasteiger partial charge in [-0.2, -0.15) is 0 Å². The number of imidazole rings is 1. The van der Waals surface area contributed by atoms with Crippen molar-refractivity contribution < 1.29 is 13.5 Å². The summed E-state index contributed by atoms with van der Waals surface area (Å²) in [6, 6.07) is 11.5. The molecule has 0 bridgehead atoms. The highest BCUT2D eigenvalue weighted by Gasteiger charge is 2.12. The molecule has 27 heavy (non-hydrogen) atoms. The number of rotatable bonds is 9. The summed E-state index contributed by atoms with van der Waals surface area (Å²) in [4.78, 5) is 6.22. The first kappa shape index (κ1) is 19.0. The lowest BCUT2D eigenvalue weighted by Crippen LogP contribution is -2.25. The normalized spacial score (nSPS) is 11.1. The maximum atomic E-state index is 13.6. The Kier molecular flexibility index (Phi) is 6.54. The summed E-state index contributed by atoms with van der Waals surface area (Å²) >= 11 is 0. The maximum absolute atomic E-state index is 13.6. The van der Waals surface area contributed by atoms with E-state index in [1.165, 1.54) is 12.1 Å². The molecule has 0 atom stereocenters. The van der Waals surface area contributed by atoms with E-state index in [9.17, 15) is 8.78 Å². The Morgan fingerprint density at radius 1 is 1.07 bits per heavy atom. The quantitative estimate of drug-likeness (QED) is 0.563. The van der Waals surface area contributed by atoms with Crippen LogP contribution in [0, 0.1) is 11.6 Å². The number of aromatic nitrogens is 2. The number of benzene rings is 2. The van der Waals surface area contributed by atoms with Gasteiger partial charge >= 0.3 is 0 Å². The minimum absolute atomic E-state index is 0.455. The van der Waals surface area contributed by atoms with Crippen molar-refractivity contribution in [3.63, 3.8) is 0 Å². The number of methoxy groups -OCH3 is 1. The molecule has 1 heterocycles. The van der Waals surface area contributed by atoms with Crippen LogP contribution in [-0.2, 0) is 19.6 Å². The third-order valence-corrected chi connectivity index (χ3v) is 4.36. The summed E-state index contributed by atoms with van der Waals surface area (Å²) in [5.41, 5.74) is 1.66. The molecule has 1 aromatic heterocycles. The first-order valence-electron chi connectivity index (χ1n) is 8.89. The zero-order valence-corrected chi connectivity index (χ0v) is 15.3. The average Bonchev–Trinajstić information content (AvgIpc) is 3.14. The zero-order valence-electron chi connectivity index (χ0n) is 15.3. The number of halogens is 2. The van der Waals surface area contributed by atoms with Crippen LogP contribution in [0.1, 0.15) is 17.5 Å². The van der Waals surface area contributed by atoms with E-state index in [0.717, 1.165) is 36.9 Å². The van der Waals surface area contributed by atoms with Crippen molar-refractivity contribution >= 4 is 0 Å². The highest BCUT2D eigenvalue weighted by atomic mass is 19.1. The van der Waals surface area contributed by atoms with Crippen LogP contribution in [0.4, 0.5) is 8.78 Å². The van der Waals surface area contributed by atoms with Crippen molar-refractivity contribution in [3.8, 4) is 5.75 Å². The van der Waals surface area contributed by atoms with E-state index in [4.69, 9.17) is 4.74 Å².